The Kier molecular flexibility index (Phi) is 6.27. The number of aromatic amines is 1. The monoisotopic (exact) mass is 423 g/mol. The van der Waals surface area contributed by atoms with Gasteiger partial charge in [0, 0.05) is 17.7 Å². The summed E-state index contributed by atoms with van der Waals surface area (Å²) >= 11 is 3.36. The van der Waals surface area contributed by atoms with Crippen LogP contribution in [0.15, 0.2) is 70.8 Å². The first-order chi connectivity index (χ1) is 14.3. The quantitative estimate of drug-likeness (QED) is 0.375. The van der Waals surface area contributed by atoms with Gasteiger partial charge in [-0.1, -0.05) is 36.0 Å². The topological polar surface area (TPSA) is 60.0 Å². The van der Waals surface area contributed by atoms with Crippen LogP contribution in [0.3, 0.4) is 0 Å². The number of nitrogens with one attached hydrogen (secondary N) is 1. The van der Waals surface area contributed by atoms with Gasteiger partial charge in [-0.15, -0.1) is 11.8 Å². The van der Waals surface area contributed by atoms with Crippen LogP contribution >= 0.6 is 23.5 Å². The molecule has 0 aliphatic carbocycles. The van der Waals surface area contributed by atoms with Gasteiger partial charge in [0.25, 0.3) is 0 Å². The lowest BCUT2D eigenvalue weighted by Crippen LogP contribution is -1.96. The number of aromatic nitrogens is 3. The molecule has 0 atom stereocenters. The normalized spacial score (nSPS) is 11.0. The van der Waals surface area contributed by atoms with E-state index < -0.39 is 0 Å². The molecule has 1 N–H and O–H groups in total. The minimum Gasteiger partial charge on any atom is -0.497 e. The maximum atomic E-state index is 5.70. The number of hydrogen-bond donors (Lipinski definition) is 1. The molecule has 7 heteroatoms. The third kappa shape index (κ3) is 4.68. The van der Waals surface area contributed by atoms with Gasteiger partial charge in [0.1, 0.15) is 5.75 Å². The van der Waals surface area contributed by atoms with Gasteiger partial charge in [-0.05, 0) is 35.9 Å². The molecule has 0 spiro atoms. The highest BCUT2D eigenvalue weighted by molar-refractivity contribution is 7.98. The molecule has 0 unspecified atom stereocenters. The third-order valence-corrected chi connectivity index (χ3v) is 6.41. The van der Waals surface area contributed by atoms with Gasteiger partial charge in [-0.3, -0.25) is 4.98 Å². The van der Waals surface area contributed by atoms with Gasteiger partial charge < -0.3 is 14.5 Å². The first-order valence-corrected chi connectivity index (χ1v) is 11.1. The molecule has 0 aliphatic rings. The highest BCUT2D eigenvalue weighted by atomic mass is 32.2. The van der Waals surface area contributed by atoms with E-state index in [0.717, 1.165) is 44.0 Å². The van der Waals surface area contributed by atoms with Crippen molar-refractivity contribution in [1.29, 1.82) is 0 Å². The number of nitrogens with zero attached hydrogens (tertiary/aromatic N) is 2. The molecule has 4 rings (SSSR count). The number of benzene rings is 2. The summed E-state index contributed by atoms with van der Waals surface area (Å²) in [6.07, 6.45) is 1.84. The van der Waals surface area contributed by atoms with Crippen LogP contribution in [0.5, 0.6) is 11.5 Å². The van der Waals surface area contributed by atoms with E-state index in [9.17, 15) is 0 Å². The molecule has 0 aliphatic heterocycles. The van der Waals surface area contributed by atoms with Crippen molar-refractivity contribution in [1.82, 2.24) is 15.0 Å². The first kappa shape index (κ1) is 19.7. The Hall–Kier alpha value is -2.64. The summed E-state index contributed by atoms with van der Waals surface area (Å²) in [5.41, 5.74) is 4.16. The van der Waals surface area contributed by atoms with Gasteiger partial charge >= 0.3 is 0 Å². The number of methoxy groups -OCH3 is 2. The number of hydrogen-bond acceptors (Lipinski definition) is 6. The van der Waals surface area contributed by atoms with Gasteiger partial charge in [0.05, 0.1) is 35.8 Å². The van der Waals surface area contributed by atoms with E-state index in [1.807, 2.05) is 48.7 Å². The largest absolute Gasteiger partial charge is 0.497 e. The highest BCUT2D eigenvalue weighted by Gasteiger charge is 2.13. The molecule has 2 aromatic carbocycles. The fourth-order valence-electron chi connectivity index (χ4n) is 2.92. The van der Waals surface area contributed by atoms with E-state index in [1.54, 1.807) is 37.7 Å². The molecule has 4 aromatic rings. The van der Waals surface area contributed by atoms with Crippen molar-refractivity contribution in [2.24, 2.45) is 0 Å². The fourth-order valence-corrected chi connectivity index (χ4v) is 4.75. The summed E-state index contributed by atoms with van der Waals surface area (Å²) < 4.78 is 10.9. The molecule has 0 saturated heterocycles. The lowest BCUT2D eigenvalue weighted by molar-refractivity contribution is 0.398. The average molecular weight is 424 g/mol. The van der Waals surface area contributed by atoms with Crippen LogP contribution in [0.4, 0.5) is 0 Å². The molecular formula is C22H21N3O2S2. The summed E-state index contributed by atoms with van der Waals surface area (Å²) in [5.74, 6) is 3.22. The Bertz CT molecular complexity index is 1060. The predicted octanol–water partition coefficient (Wildman–Crippen LogP) is 5.56. The SMILES string of the molecule is COc1ccc(CSc2ccnc(CSc3nc4ccccc4[nH]3)c2OC)cc1. The van der Waals surface area contributed by atoms with E-state index in [4.69, 9.17) is 9.47 Å². The second kappa shape index (κ2) is 9.24. The Labute approximate surface area is 178 Å². The van der Waals surface area contributed by atoms with Gasteiger partial charge in [0.2, 0.25) is 0 Å². The molecular weight excluding hydrogens is 402 g/mol. The van der Waals surface area contributed by atoms with Crippen LogP contribution in [0.2, 0.25) is 0 Å². The molecule has 0 fully saturated rings. The molecule has 0 bridgehead atoms. The summed E-state index contributed by atoms with van der Waals surface area (Å²) in [6, 6.07) is 18.2. The number of ether oxygens (including phenoxy) is 2. The number of imidazole rings is 1. The van der Waals surface area contributed by atoms with Gasteiger partial charge in [-0.2, -0.15) is 0 Å². The molecule has 0 saturated carbocycles. The zero-order valence-corrected chi connectivity index (χ0v) is 17.8. The predicted molar refractivity (Wildman–Crippen MR) is 119 cm³/mol. The number of pyridine rings is 1. The lowest BCUT2D eigenvalue weighted by atomic mass is 10.2. The number of thioether (sulfide) groups is 2. The second-order valence-electron chi connectivity index (χ2n) is 6.27. The van der Waals surface area contributed by atoms with Crippen LogP contribution in [0, 0.1) is 0 Å². The number of rotatable bonds is 8. The minimum absolute atomic E-state index is 0.680. The lowest BCUT2D eigenvalue weighted by Gasteiger charge is -2.12. The molecule has 2 heterocycles. The Morgan fingerprint density at radius 1 is 0.897 bits per heavy atom. The van der Waals surface area contributed by atoms with Crippen LogP contribution in [0.1, 0.15) is 11.3 Å². The van der Waals surface area contributed by atoms with E-state index >= 15 is 0 Å². The Morgan fingerprint density at radius 2 is 1.72 bits per heavy atom. The molecule has 29 heavy (non-hydrogen) atoms. The van der Waals surface area contributed by atoms with Gasteiger partial charge in [-0.25, -0.2) is 4.98 Å². The van der Waals surface area contributed by atoms with Crippen molar-refractivity contribution in [2.45, 2.75) is 21.6 Å². The Balaban J connectivity index is 1.46. The van der Waals surface area contributed by atoms with E-state index in [-0.39, 0.29) is 0 Å². The summed E-state index contributed by atoms with van der Waals surface area (Å²) in [4.78, 5) is 13.6. The maximum absolute atomic E-state index is 5.70. The van der Waals surface area contributed by atoms with Crippen LogP contribution < -0.4 is 9.47 Å². The van der Waals surface area contributed by atoms with Crippen molar-refractivity contribution in [2.75, 3.05) is 14.2 Å². The fraction of sp³-hybridized carbons (Fsp3) is 0.182. The van der Waals surface area contributed by atoms with Crippen molar-refractivity contribution in [3.63, 3.8) is 0 Å². The minimum atomic E-state index is 0.680. The molecule has 5 nitrogen and oxygen atoms in total. The molecule has 148 valence electrons. The molecule has 2 aromatic heterocycles. The first-order valence-electron chi connectivity index (χ1n) is 9.12. The summed E-state index contributed by atoms with van der Waals surface area (Å²) in [7, 11) is 3.38. The zero-order chi connectivity index (χ0) is 20.1. The summed E-state index contributed by atoms with van der Waals surface area (Å²) in [5, 5.41) is 0.881. The van der Waals surface area contributed by atoms with Crippen LogP contribution in [0.25, 0.3) is 11.0 Å². The number of fused-ring (bicyclic) bond motifs is 1. The van der Waals surface area contributed by atoms with Gasteiger partial charge in [0.15, 0.2) is 10.9 Å². The van der Waals surface area contributed by atoms with E-state index in [0.29, 0.717) is 5.75 Å². The van der Waals surface area contributed by atoms with E-state index in [2.05, 4.69) is 27.1 Å². The second-order valence-corrected chi connectivity index (χ2v) is 8.25. The van der Waals surface area contributed by atoms with Crippen LogP contribution in [-0.2, 0) is 11.5 Å². The molecule has 0 amide bonds. The maximum Gasteiger partial charge on any atom is 0.166 e. The number of H-pyrrole nitrogens is 1. The zero-order valence-electron chi connectivity index (χ0n) is 16.2. The Morgan fingerprint density at radius 3 is 2.48 bits per heavy atom. The third-order valence-electron chi connectivity index (χ3n) is 4.41. The van der Waals surface area contributed by atoms with E-state index in [1.165, 1.54) is 5.56 Å². The standard InChI is InChI=1S/C22H21N3O2S2/c1-26-16-9-7-15(8-10-16)13-28-20-11-12-23-19(21(20)27-2)14-29-22-24-17-5-3-4-6-18(17)25-22/h3-12H,13-14H2,1-2H3,(H,24,25). The van der Waals surface area contributed by atoms with Crippen molar-refractivity contribution >= 4 is 34.6 Å². The summed E-state index contributed by atoms with van der Waals surface area (Å²) in [6.45, 7) is 0. The van der Waals surface area contributed by atoms with Crippen molar-refractivity contribution in [3.8, 4) is 11.5 Å². The number of para-hydroxylation sites is 2. The highest BCUT2D eigenvalue weighted by Crippen LogP contribution is 2.36. The van der Waals surface area contributed by atoms with Crippen molar-refractivity contribution in [3.05, 3.63) is 72.1 Å². The molecule has 0 radical (unpaired) electrons. The van der Waals surface area contributed by atoms with Crippen LogP contribution in [-0.4, -0.2) is 29.2 Å². The smallest absolute Gasteiger partial charge is 0.166 e. The van der Waals surface area contributed by atoms with Crippen molar-refractivity contribution < 1.29 is 9.47 Å². The average Bonchev–Trinajstić information content (AvgIpc) is 3.19.